The molecule has 1 aliphatic rings. The van der Waals surface area contributed by atoms with E-state index in [1.54, 1.807) is 38.7 Å². The lowest BCUT2D eigenvalue weighted by Gasteiger charge is -2.38. The van der Waals surface area contributed by atoms with Gasteiger partial charge in [0, 0.05) is 13.1 Å². The number of nitrogens with zero attached hydrogens (tertiary/aromatic N) is 1. The third-order valence-electron chi connectivity index (χ3n) is 4.82. The van der Waals surface area contributed by atoms with Crippen LogP contribution in [0.3, 0.4) is 0 Å². The number of amides is 1. The Balaban J connectivity index is 2.19. The molecule has 2 rings (SSSR count). The average Bonchev–Trinajstić information content (AvgIpc) is 2.87. The van der Waals surface area contributed by atoms with Gasteiger partial charge >= 0.3 is 13.2 Å². The Morgan fingerprint density at radius 2 is 1.73 bits per heavy atom. The highest BCUT2D eigenvalue weighted by atomic mass is 16.6. The normalized spacial score (nSPS) is 15.0. The number of hydrogen-bond acceptors (Lipinski definition) is 5. The second kappa shape index (κ2) is 6.87. The molecule has 1 aliphatic heterocycles. The molecule has 1 heterocycles. The molecule has 0 aromatic heterocycles. The molecule has 0 atom stereocenters. The second-order valence-electron chi connectivity index (χ2n) is 8.86. The van der Waals surface area contributed by atoms with Crippen molar-refractivity contribution in [2.75, 3.05) is 0 Å². The Kier molecular flexibility index (Phi) is 5.48. The van der Waals surface area contributed by atoms with Crippen LogP contribution < -0.4 is 5.46 Å². The fourth-order valence-corrected chi connectivity index (χ4v) is 2.62. The standard InChI is InChI=1S/C19H30BNO5/c1-17(2,3)25-16(22)21-11-13-9-8-10-15(14(13)12-21)20(24)26-19(6,7)18(4,5)23/h8-10,23-24H,11-12H2,1-7H3. The van der Waals surface area contributed by atoms with E-state index in [0.29, 0.717) is 18.6 Å². The lowest BCUT2D eigenvalue weighted by Crippen LogP contribution is -2.53. The fraction of sp³-hybridized carbons (Fsp3) is 0.632. The molecule has 6 nitrogen and oxygen atoms in total. The number of rotatable bonds is 4. The van der Waals surface area contributed by atoms with Crippen LogP contribution in [0.5, 0.6) is 0 Å². The zero-order valence-electron chi connectivity index (χ0n) is 16.8. The van der Waals surface area contributed by atoms with Gasteiger partial charge in [0.05, 0.1) is 11.2 Å². The van der Waals surface area contributed by atoms with E-state index in [0.717, 1.165) is 11.1 Å². The van der Waals surface area contributed by atoms with E-state index in [1.807, 2.05) is 32.9 Å². The van der Waals surface area contributed by atoms with Gasteiger partial charge in [-0.25, -0.2) is 4.79 Å². The van der Waals surface area contributed by atoms with Crippen molar-refractivity contribution in [2.45, 2.75) is 78.4 Å². The van der Waals surface area contributed by atoms with E-state index in [2.05, 4.69) is 0 Å². The van der Waals surface area contributed by atoms with E-state index in [1.165, 1.54) is 0 Å². The van der Waals surface area contributed by atoms with E-state index in [-0.39, 0.29) is 6.09 Å². The molecule has 0 spiro atoms. The van der Waals surface area contributed by atoms with Crippen molar-refractivity contribution in [1.29, 1.82) is 0 Å². The summed E-state index contributed by atoms with van der Waals surface area (Å²) in [5.74, 6) is 0. The lowest BCUT2D eigenvalue weighted by atomic mass is 9.73. The smallest absolute Gasteiger partial charge is 0.444 e. The topological polar surface area (TPSA) is 79.2 Å². The Bertz CT molecular complexity index is 675. The van der Waals surface area contributed by atoms with Gasteiger partial charge < -0.3 is 19.5 Å². The first-order chi connectivity index (χ1) is 11.7. The summed E-state index contributed by atoms with van der Waals surface area (Å²) in [7, 11) is -1.20. The van der Waals surface area contributed by atoms with Crippen LogP contribution in [0.25, 0.3) is 0 Å². The van der Waals surface area contributed by atoms with Gasteiger partial charge in [0.1, 0.15) is 5.60 Å². The molecule has 0 saturated carbocycles. The monoisotopic (exact) mass is 363 g/mol. The first-order valence-electron chi connectivity index (χ1n) is 8.88. The Morgan fingerprint density at radius 1 is 1.12 bits per heavy atom. The van der Waals surface area contributed by atoms with Crippen LogP contribution in [0.4, 0.5) is 4.79 Å². The van der Waals surface area contributed by atoms with Gasteiger partial charge in [0.2, 0.25) is 0 Å². The predicted molar refractivity (Wildman–Crippen MR) is 101 cm³/mol. The molecule has 1 amide bonds. The molecule has 2 N–H and O–H groups in total. The molecule has 1 aromatic carbocycles. The van der Waals surface area contributed by atoms with Crippen molar-refractivity contribution in [3.8, 4) is 0 Å². The molecule has 0 fully saturated rings. The number of ether oxygens (including phenoxy) is 1. The van der Waals surface area contributed by atoms with Crippen LogP contribution in [-0.2, 0) is 22.5 Å². The predicted octanol–water partition coefficient (Wildman–Crippen LogP) is 2.19. The maximum absolute atomic E-state index is 12.3. The van der Waals surface area contributed by atoms with E-state index in [9.17, 15) is 14.9 Å². The minimum atomic E-state index is -1.20. The Morgan fingerprint density at radius 3 is 2.27 bits per heavy atom. The van der Waals surface area contributed by atoms with Crippen LogP contribution in [0.15, 0.2) is 18.2 Å². The quantitative estimate of drug-likeness (QED) is 0.802. The first kappa shape index (κ1) is 20.7. The summed E-state index contributed by atoms with van der Waals surface area (Å²) in [5, 5.41) is 20.9. The highest BCUT2D eigenvalue weighted by Gasteiger charge is 2.41. The summed E-state index contributed by atoms with van der Waals surface area (Å²) >= 11 is 0. The van der Waals surface area contributed by atoms with Gasteiger partial charge in [-0.2, -0.15) is 0 Å². The van der Waals surface area contributed by atoms with Gasteiger partial charge in [0.25, 0.3) is 0 Å². The number of aliphatic hydroxyl groups is 1. The maximum atomic E-state index is 12.3. The zero-order valence-corrected chi connectivity index (χ0v) is 16.8. The van der Waals surface area contributed by atoms with Crippen LogP contribution in [-0.4, -0.2) is 45.0 Å². The third-order valence-corrected chi connectivity index (χ3v) is 4.82. The van der Waals surface area contributed by atoms with Gasteiger partial charge in [0.15, 0.2) is 0 Å². The Labute approximate surface area is 156 Å². The zero-order chi connectivity index (χ0) is 19.9. The summed E-state index contributed by atoms with van der Waals surface area (Å²) in [6.07, 6.45) is -0.383. The van der Waals surface area contributed by atoms with Crippen molar-refractivity contribution in [3.05, 3.63) is 29.3 Å². The summed E-state index contributed by atoms with van der Waals surface area (Å²) in [6, 6.07) is 5.54. The maximum Gasteiger partial charge on any atom is 0.491 e. The van der Waals surface area contributed by atoms with Gasteiger partial charge in [-0.15, -0.1) is 0 Å². The van der Waals surface area contributed by atoms with Crippen LogP contribution in [0, 0.1) is 0 Å². The SMILES string of the molecule is CC(C)(C)OC(=O)N1Cc2cccc(B(O)OC(C)(C)C(C)(C)O)c2C1. The molecule has 0 aliphatic carbocycles. The van der Waals surface area contributed by atoms with E-state index >= 15 is 0 Å². The van der Waals surface area contributed by atoms with Crippen molar-refractivity contribution in [2.24, 2.45) is 0 Å². The van der Waals surface area contributed by atoms with Crippen molar-refractivity contribution in [1.82, 2.24) is 4.90 Å². The number of fused-ring (bicyclic) bond motifs is 1. The molecular formula is C19H30BNO5. The lowest BCUT2D eigenvalue weighted by molar-refractivity contribution is -0.0982. The molecule has 7 heteroatoms. The second-order valence-corrected chi connectivity index (χ2v) is 8.86. The minimum absolute atomic E-state index is 0.351. The molecule has 1 aromatic rings. The van der Waals surface area contributed by atoms with Gasteiger partial charge in [-0.3, -0.25) is 4.90 Å². The van der Waals surface area contributed by atoms with Crippen LogP contribution in [0.2, 0.25) is 0 Å². The van der Waals surface area contributed by atoms with Gasteiger partial charge in [-0.1, -0.05) is 18.2 Å². The molecule has 144 valence electrons. The third kappa shape index (κ3) is 4.58. The van der Waals surface area contributed by atoms with Crippen molar-refractivity contribution >= 4 is 18.7 Å². The number of carbonyl (C=O) groups excluding carboxylic acids is 1. The number of carbonyl (C=O) groups is 1. The van der Waals surface area contributed by atoms with Crippen LogP contribution in [0.1, 0.15) is 59.6 Å². The van der Waals surface area contributed by atoms with Gasteiger partial charge in [-0.05, 0) is 65.1 Å². The molecular weight excluding hydrogens is 333 g/mol. The highest BCUT2D eigenvalue weighted by Crippen LogP contribution is 2.27. The first-order valence-corrected chi connectivity index (χ1v) is 8.88. The molecule has 0 radical (unpaired) electrons. The molecule has 26 heavy (non-hydrogen) atoms. The molecule has 0 unspecified atom stereocenters. The van der Waals surface area contributed by atoms with E-state index < -0.39 is 23.9 Å². The van der Waals surface area contributed by atoms with Crippen LogP contribution >= 0.6 is 0 Å². The van der Waals surface area contributed by atoms with Crippen molar-refractivity contribution in [3.63, 3.8) is 0 Å². The number of benzene rings is 1. The molecule has 0 bridgehead atoms. The number of hydrogen-bond donors (Lipinski definition) is 2. The summed E-state index contributed by atoms with van der Waals surface area (Å²) in [4.78, 5) is 14.0. The fourth-order valence-electron chi connectivity index (χ4n) is 2.62. The minimum Gasteiger partial charge on any atom is -0.444 e. The highest BCUT2D eigenvalue weighted by molar-refractivity contribution is 6.60. The molecule has 0 saturated heterocycles. The van der Waals surface area contributed by atoms with E-state index in [4.69, 9.17) is 9.39 Å². The van der Waals surface area contributed by atoms with Crippen molar-refractivity contribution < 1.29 is 24.3 Å². The Hall–Kier alpha value is -1.57. The average molecular weight is 363 g/mol. The summed E-state index contributed by atoms with van der Waals surface area (Å²) in [6.45, 7) is 13.0. The summed E-state index contributed by atoms with van der Waals surface area (Å²) in [5.41, 5.74) is -0.235. The largest absolute Gasteiger partial charge is 0.491 e. The summed E-state index contributed by atoms with van der Waals surface area (Å²) < 4.78 is 11.2.